The van der Waals surface area contributed by atoms with E-state index in [1.807, 2.05) is 31.2 Å². The second kappa shape index (κ2) is 9.61. The molecule has 0 spiro atoms. The van der Waals surface area contributed by atoms with Crippen molar-refractivity contribution in [3.05, 3.63) is 53.6 Å². The normalized spacial score (nSPS) is 14.7. The Morgan fingerprint density at radius 1 is 1.20 bits per heavy atom. The first-order chi connectivity index (χ1) is 17.0. The van der Waals surface area contributed by atoms with Gasteiger partial charge < -0.3 is 20.9 Å². The van der Waals surface area contributed by atoms with Crippen LogP contribution in [-0.4, -0.2) is 44.5 Å². The minimum absolute atomic E-state index is 0.0499. The van der Waals surface area contributed by atoms with Crippen molar-refractivity contribution in [2.24, 2.45) is 5.10 Å². The molecule has 1 amide bonds. The summed E-state index contributed by atoms with van der Waals surface area (Å²) in [6, 6.07) is 12.5. The Kier molecular flexibility index (Phi) is 6.22. The van der Waals surface area contributed by atoms with Crippen molar-refractivity contribution in [2.45, 2.75) is 45.1 Å². The van der Waals surface area contributed by atoms with E-state index in [1.54, 1.807) is 24.4 Å². The highest BCUT2D eigenvalue weighted by Crippen LogP contribution is 2.29. The van der Waals surface area contributed by atoms with Gasteiger partial charge in [0, 0.05) is 6.04 Å². The van der Waals surface area contributed by atoms with Crippen LogP contribution in [0.4, 0.5) is 5.82 Å². The molecule has 2 heterocycles. The average Bonchev–Trinajstić information content (AvgIpc) is 3.13. The van der Waals surface area contributed by atoms with Crippen molar-refractivity contribution >= 4 is 40.1 Å². The Bertz CT molecular complexity index is 1420. The Morgan fingerprint density at radius 3 is 2.69 bits per heavy atom. The summed E-state index contributed by atoms with van der Waals surface area (Å²) in [5.41, 5.74) is 9.62. The molecule has 0 unspecified atom stereocenters. The van der Waals surface area contributed by atoms with Crippen LogP contribution < -0.4 is 15.8 Å². The molecule has 0 saturated heterocycles. The van der Waals surface area contributed by atoms with Crippen molar-refractivity contribution in [1.29, 1.82) is 0 Å². The summed E-state index contributed by atoms with van der Waals surface area (Å²) in [7, 11) is 0. The van der Waals surface area contributed by atoms with Gasteiger partial charge in [0.05, 0.1) is 23.9 Å². The zero-order chi connectivity index (χ0) is 24.4. The fourth-order valence-corrected chi connectivity index (χ4v) is 4.50. The molecule has 9 heteroatoms. The number of hydrogen-bond acceptors (Lipinski definition) is 7. The molecule has 1 aliphatic rings. The van der Waals surface area contributed by atoms with Gasteiger partial charge >= 0.3 is 0 Å². The third-order valence-electron chi connectivity index (χ3n) is 6.25. The number of amides is 1. The van der Waals surface area contributed by atoms with Crippen molar-refractivity contribution < 1.29 is 14.6 Å². The van der Waals surface area contributed by atoms with Gasteiger partial charge in [-0.05, 0) is 55.7 Å². The number of rotatable bonds is 6. The molecule has 9 nitrogen and oxygen atoms in total. The van der Waals surface area contributed by atoms with Gasteiger partial charge in [0.25, 0.3) is 5.91 Å². The smallest absolute Gasteiger partial charge is 0.257 e. The number of aromatic nitrogens is 3. The van der Waals surface area contributed by atoms with Crippen LogP contribution in [0.5, 0.6) is 11.5 Å². The first-order valence-electron chi connectivity index (χ1n) is 11.9. The zero-order valence-corrected chi connectivity index (χ0v) is 19.6. The predicted octanol–water partition coefficient (Wildman–Crippen LogP) is 4.22. The van der Waals surface area contributed by atoms with Crippen molar-refractivity contribution in [2.75, 3.05) is 12.3 Å². The van der Waals surface area contributed by atoms with Crippen LogP contribution in [0.2, 0.25) is 0 Å². The molecule has 2 aromatic heterocycles. The van der Waals surface area contributed by atoms with Gasteiger partial charge in [0.2, 0.25) is 0 Å². The van der Waals surface area contributed by atoms with Crippen LogP contribution in [0.25, 0.3) is 22.2 Å². The second-order valence-corrected chi connectivity index (χ2v) is 8.67. The first kappa shape index (κ1) is 22.6. The van der Waals surface area contributed by atoms with Gasteiger partial charge in [-0.3, -0.25) is 4.79 Å². The highest BCUT2D eigenvalue weighted by molar-refractivity contribution is 6.10. The van der Waals surface area contributed by atoms with Gasteiger partial charge in [-0.2, -0.15) is 9.78 Å². The lowest BCUT2D eigenvalue weighted by Gasteiger charge is -2.22. The maximum atomic E-state index is 13.4. The number of nitrogen functional groups attached to an aromatic ring is 1. The van der Waals surface area contributed by atoms with E-state index in [2.05, 4.69) is 10.4 Å². The average molecular weight is 473 g/mol. The third kappa shape index (κ3) is 4.49. The van der Waals surface area contributed by atoms with E-state index in [0.29, 0.717) is 40.1 Å². The number of carbonyl (C=O) groups excluding carboxylic acids is 1. The number of nitrogens with one attached hydrogen (secondary N) is 1. The van der Waals surface area contributed by atoms with Crippen LogP contribution in [0, 0.1) is 0 Å². The lowest BCUT2D eigenvalue weighted by molar-refractivity contribution is 0.0930. The minimum Gasteiger partial charge on any atom is -0.504 e. The number of phenols is 1. The van der Waals surface area contributed by atoms with Crippen LogP contribution in [0.15, 0.2) is 47.6 Å². The fourth-order valence-electron chi connectivity index (χ4n) is 4.50. The largest absolute Gasteiger partial charge is 0.504 e. The van der Waals surface area contributed by atoms with E-state index in [9.17, 15) is 9.90 Å². The van der Waals surface area contributed by atoms with Gasteiger partial charge in [-0.15, -0.1) is 0 Å². The van der Waals surface area contributed by atoms with Crippen LogP contribution in [-0.2, 0) is 0 Å². The topological polar surface area (TPSA) is 128 Å². The summed E-state index contributed by atoms with van der Waals surface area (Å²) < 4.78 is 6.90. The van der Waals surface area contributed by atoms with Gasteiger partial charge in [-0.25, -0.2) is 9.97 Å². The second-order valence-electron chi connectivity index (χ2n) is 8.67. The number of nitrogens with two attached hydrogens (primary N) is 1. The van der Waals surface area contributed by atoms with Crippen molar-refractivity contribution in [1.82, 2.24) is 20.0 Å². The molecular weight excluding hydrogens is 444 g/mol. The summed E-state index contributed by atoms with van der Waals surface area (Å²) >= 11 is 0. The third-order valence-corrected chi connectivity index (χ3v) is 6.25. The number of phenolic OH excluding ortho intramolecular Hbond substituents is 1. The zero-order valence-electron chi connectivity index (χ0n) is 19.6. The molecule has 1 fully saturated rings. The molecule has 4 aromatic rings. The number of aromatic hydroxyl groups is 1. The number of hydrogen-bond donors (Lipinski definition) is 3. The van der Waals surface area contributed by atoms with Crippen LogP contribution >= 0.6 is 0 Å². The van der Waals surface area contributed by atoms with Gasteiger partial charge in [-0.1, -0.05) is 31.4 Å². The molecule has 4 N–H and O–H groups in total. The van der Waals surface area contributed by atoms with Gasteiger partial charge in [0.15, 0.2) is 17.1 Å². The quantitative estimate of drug-likeness (QED) is 0.361. The molecular formula is C26H28N6O3. The van der Waals surface area contributed by atoms with E-state index in [1.165, 1.54) is 11.1 Å². The summed E-state index contributed by atoms with van der Waals surface area (Å²) in [5.74, 6) is 0.318. The number of ether oxygens (including phenoxy) is 1. The monoisotopic (exact) mass is 472 g/mol. The summed E-state index contributed by atoms with van der Waals surface area (Å²) in [5, 5.41) is 17.7. The Hall–Kier alpha value is -4.14. The maximum absolute atomic E-state index is 13.4. The highest BCUT2D eigenvalue weighted by Gasteiger charge is 2.26. The van der Waals surface area contributed by atoms with E-state index in [-0.39, 0.29) is 29.1 Å². The lowest BCUT2D eigenvalue weighted by Crippen LogP contribution is -2.36. The number of carbonyl (C=O) groups is 1. The highest BCUT2D eigenvalue weighted by atomic mass is 16.5. The summed E-state index contributed by atoms with van der Waals surface area (Å²) in [4.78, 5) is 22.8. The van der Waals surface area contributed by atoms with Crippen LogP contribution in [0.1, 0.15) is 54.9 Å². The van der Waals surface area contributed by atoms with E-state index >= 15 is 0 Å². The number of benzene rings is 2. The Labute approximate surface area is 202 Å². The molecule has 1 saturated carbocycles. The van der Waals surface area contributed by atoms with E-state index in [4.69, 9.17) is 20.4 Å². The number of fused-ring (bicyclic) bond motifs is 2. The van der Waals surface area contributed by atoms with Crippen LogP contribution in [0.3, 0.4) is 0 Å². The molecule has 2 aromatic carbocycles. The molecule has 5 rings (SSSR count). The number of anilines is 1. The maximum Gasteiger partial charge on any atom is 0.257 e. The SMILES string of the molecule is CCOc1cc(C=Nn2c(N)c(C(=O)NC3CCCCC3)c3nc4ccccc4nc32)ccc1O. The minimum atomic E-state index is -0.263. The molecule has 0 bridgehead atoms. The molecule has 0 aliphatic heterocycles. The number of para-hydroxylation sites is 2. The Morgan fingerprint density at radius 2 is 1.94 bits per heavy atom. The number of nitrogens with zero attached hydrogens (tertiary/aromatic N) is 4. The predicted molar refractivity (Wildman–Crippen MR) is 136 cm³/mol. The standard InChI is InChI=1S/C26H28N6O3/c1-2-35-21-14-16(12-13-20(21)33)15-28-32-24(27)22(26(34)29-17-8-4-3-5-9-17)23-25(32)31-19-11-7-6-10-18(19)30-23/h6-7,10-15,17,33H,2-5,8-9,27H2,1H3,(H,29,34). The van der Waals surface area contributed by atoms with E-state index in [0.717, 1.165) is 25.7 Å². The lowest BCUT2D eigenvalue weighted by atomic mass is 9.95. The molecule has 35 heavy (non-hydrogen) atoms. The Balaban J connectivity index is 1.59. The first-order valence-corrected chi connectivity index (χ1v) is 11.9. The molecule has 180 valence electrons. The van der Waals surface area contributed by atoms with E-state index < -0.39 is 0 Å². The summed E-state index contributed by atoms with van der Waals surface area (Å²) in [6.07, 6.45) is 6.90. The van der Waals surface area contributed by atoms with Gasteiger partial charge in [0.1, 0.15) is 16.9 Å². The molecule has 0 atom stereocenters. The fraction of sp³-hybridized carbons (Fsp3) is 0.308. The van der Waals surface area contributed by atoms with Crippen molar-refractivity contribution in [3.63, 3.8) is 0 Å². The van der Waals surface area contributed by atoms with Crippen molar-refractivity contribution in [3.8, 4) is 11.5 Å². The molecule has 1 aliphatic carbocycles. The molecule has 0 radical (unpaired) electrons. The summed E-state index contributed by atoms with van der Waals surface area (Å²) in [6.45, 7) is 2.27.